The molecule has 0 radical (unpaired) electrons. The molecule has 0 aromatic carbocycles. The molecule has 1 heterocycles. The van der Waals surface area contributed by atoms with Crippen molar-refractivity contribution in [3.8, 4) is 0 Å². The molecule has 160 valence electrons. The average Bonchev–Trinajstić information content (AvgIpc) is 2.60. The van der Waals surface area contributed by atoms with E-state index in [1.54, 1.807) is 0 Å². The van der Waals surface area contributed by atoms with Crippen LogP contribution in [0.2, 0.25) is 0 Å². The van der Waals surface area contributed by atoms with Crippen LogP contribution in [0, 0.1) is 16.7 Å². The lowest BCUT2D eigenvalue weighted by Crippen LogP contribution is -2.50. The summed E-state index contributed by atoms with van der Waals surface area (Å²) in [6.07, 6.45) is 12.7. The number of ether oxygens (including phenoxy) is 1. The van der Waals surface area contributed by atoms with Crippen LogP contribution < -0.4 is 0 Å². The van der Waals surface area contributed by atoms with Gasteiger partial charge in [0.15, 0.2) is 5.78 Å². The van der Waals surface area contributed by atoms with Gasteiger partial charge in [-0.1, -0.05) is 41.9 Å². The van der Waals surface area contributed by atoms with Crippen molar-refractivity contribution in [2.45, 2.75) is 87.0 Å². The van der Waals surface area contributed by atoms with Gasteiger partial charge < -0.3 is 4.74 Å². The maximum atomic E-state index is 14.0. The lowest BCUT2D eigenvalue weighted by molar-refractivity contribution is -0.154. The van der Waals surface area contributed by atoms with Gasteiger partial charge in [-0.05, 0) is 85.1 Å². The molecule has 0 unspecified atom stereocenters. The van der Waals surface area contributed by atoms with Crippen LogP contribution in [-0.4, -0.2) is 11.8 Å². The first-order chi connectivity index (χ1) is 13.5. The maximum Gasteiger partial charge on any atom is 0.310 e. The van der Waals surface area contributed by atoms with Crippen LogP contribution in [0.1, 0.15) is 87.0 Å². The first-order valence-corrected chi connectivity index (χ1v) is 10.9. The Hall–Kier alpha value is -1.90. The topological polar surface area (TPSA) is 43.4 Å². The Kier molecular flexibility index (Phi) is 7.48. The number of fused-ring (bicyclic) bond motifs is 1. The average molecular weight is 399 g/mol. The predicted molar refractivity (Wildman–Crippen MR) is 119 cm³/mol. The van der Waals surface area contributed by atoms with Crippen LogP contribution in [0.5, 0.6) is 0 Å². The van der Waals surface area contributed by atoms with E-state index in [0.717, 1.165) is 19.3 Å². The molecule has 29 heavy (non-hydrogen) atoms. The summed E-state index contributed by atoms with van der Waals surface area (Å²) in [5.74, 6) is 0.530. The fourth-order valence-electron chi connectivity index (χ4n) is 4.48. The molecule has 0 saturated carbocycles. The molecule has 3 heteroatoms. The van der Waals surface area contributed by atoms with Crippen molar-refractivity contribution >= 4 is 11.8 Å². The third-order valence-electron chi connectivity index (χ3n) is 6.35. The Labute approximate surface area is 177 Å². The van der Waals surface area contributed by atoms with E-state index < -0.39 is 5.41 Å². The molecular weight excluding hydrogens is 360 g/mol. The zero-order valence-corrected chi connectivity index (χ0v) is 19.4. The lowest BCUT2D eigenvalue weighted by Gasteiger charge is -2.48. The predicted octanol–water partition coefficient (Wildman–Crippen LogP) is 6.86. The smallest absolute Gasteiger partial charge is 0.310 e. The molecule has 3 atom stereocenters. The summed E-state index contributed by atoms with van der Waals surface area (Å²) >= 11 is 0. The zero-order valence-electron chi connectivity index (χ0n) is 19.4. The molecule has 2 rings (SSSR count). The third-order valence-corrected chi connectivity index (χ3v) is 6.35. The molecule has 0 spiro atoms. The number of carbonyl (C=O) groups is 2. The van der Waals surface area contributed by atoms with Crippen molar-refractivity contribution in [2.75, 3.05) is 0 Å². The number of hydrogen-bond donors (Lipinski definition) is 0. The number of allylic oxidation sites excluding steroid dienone is 8. The first-order valence-electron chi connectivity index (χ1n) is 10.9. The summed E-state index contributed by atoms with van der Waals surface area (Å²) in [5.41, 5.74) is 2.68. The van der Waals surface area contributed by atoms with Crippen LogP contribution in [0.25, 0.3) is 0 Å². The van der Waals surface area contributed by atoms with Gasteiger partial charge in [0.05, 0.1) is 5.41 Å². The molecule has 2 aliphatic rings. The monoisotopic (exact) mass is 398 g/mol. The normalized spacial score (nSPS) is 28.7. The highest BCUT2D eigenvalue weighted by atomic mass is 16.5. The van der Waals surface area contributed by atoms with Crippen molar-refractivity contribution < 1.29 is 14.3 Å². The summed E-state index contributed by atoms with van der Waals surface area (Å²) in [7, 11) is 0. The Morgan fingerprint density at radius 1 is 1.03 bits per heavy atom. The summed E-state index contributed by atoms with van der Waals surface area (Å²) in [5, 5.41) is 0. The van der Waals surface area contributed by atoms with Gasteiger partial charge in [0.2, 0.25) is 0 Å². The van der Waals surface area contributed by atoms with Gasteiger partial charge in [-0.2, -0.15) is 0 Å². The molecule has 1 fully saturated rings. The van der Waals surface area contributed by atoms with Crippen LogP contribution in [0.4, 0.5) is 0 Å². The van der Waals surface area contributed by atoms with Crippen molar-refractivity contribution in [3.05, 3.63) is 46.8 Å². The molecule has 1 aliphatic carbocycles. The van der Waals surface area contributed by atoms with Gasteiger partial charge in [-0.3, -0.25) is 9.59 Å². The van der Waals surface area contributed by atoms with Gasteiger partial charge in [-0.15, -0.1) is 0 Å². The van der Waals surface area contributed by atoms with Gasteiger partial charge in [-0.25, -0.2) is 0 Å². The summed E-state index contributed by atoms with van der Waals surface area (Å²) in [6, 6.07) is 0. The maximum absolute atomic E-state index is 14.0. The Morgan fingerprint density at radius 2 is 1.66 bits per heavy atom. The SMILES string of the molecule is CC(C)=CCC[C@@]1(C)C=C2OC(=O)CC[C@]2(CC=C(C)C)C(=O)[C@@H]1CC=C(C)C. The van der Waals surface area contributed by atoms with Crippen LogP contribution in [0.15, 0.2) is 46.8 Å². The van der Waals surface area contributed by atoms with E-state index in [0.29, 0.717) is 25.0 Å². The molecule has 1 aliphatic heterocycles. The minimum Gasteiger partial charge on any atom is -0.430 e. The Morgan fingerprint density at radius 3 is 2.24 bits per heavy atom. The second kappa shape index (κ2) is 9.28. The lowest BCUT2D eigenvalue weighted by atomic mass is 9.56. The van der Waals surface area contributed by atoms with Crippen molar-refractivity contribution in [2.24, 2.45) is 16.7 Å². The van der Waals surface area contributed by atoms with Gasteiger partial charge in [0.1, 0.15) is 5.76 Å². The van der Waals surface area contributed by atoms with Crippen LogP contribution in [0.3, 0.4) is 0 Å². The van der Waals surface area contributed by atoms with E-state index in [2.05, 4.69) is 58.9 Å². The van der Waals surface area contributed by atoms with Gasteiger partial charge >= 0.3 is 5.97 Å². The quantitative estimate of drug-likeness (QED) is 0.347. The van der Waals surface area contributed by atoms with Gasteiger partial charge in [0, 0.05) is 12.3 Å². The highest BCUT2D eigenvalue weighted by Crippen LogP contribution is 2.55. The number of esters is 1. The van der Waals surface area contributed by atoms with Crippen LogP contribution >= 0.6 is 0 Å². The molecule has 3 nitrogen and oxygen atoms in total. The van der Waals surface area contributed by atoms with Crippen molar-refractivity contribution in [1.29, 1.82) is 0 Å². The third kappa shape index (κ3) is 5.38. The standard InChI is InChI=1S/C26H38O3/c1-18(2)9-8-14-25(7)17-22-26(15-12-20(5)6,16-13-23(27)29-22)24(28)21(25)11-10-19(3)4/h9-10,12,17,21H,8,11,13-16H2,1-7H3/t21-,25-,26-/m0/s1. The largest absolute Gasteiger partial charge is 0.430 e. The van der Waals surface area contributed by atoms with E-state index in [4.69, 9.17) is 4.74 Å². The molecule has 0 aromatic heterocycles. The zero-order chi connectivity index (χ0) is 21.8. The molecule has 0 N–H and O–H groups in total. The summed E-state index contributed by atoms with van der Waals surface area (Å²) in [4.78, 5) is 26.1. The minimum atomic E-state index is -0.693. The van der Waals surface area contributed by atoms with Crippen molar-refractivity contribution in [1.82, 2.24) is 0 Å². The number of hydrogen-bond acceptors (Lipinski definition) is 3. The summed E-state index contributed by atoms with van der Waals surface area (Å²) in [6.45, 7) is 14.6. The van der Waals surface area contributed by atoms with Gasteiger partial charge in [0.25, 0.3) is 0 Å². The summed E-state index contributed by atoms with van der Waals surface area (Å²) < 4.78 is 5.73. The number of Topliss-reactive ketones (excluding diaryl/α,β-unsaturated/α-hetero) is 1. The molecule has 1 saturated heterocycles. The Balaban J connectivity index is 2.55. The van der Waals surface area contributed by atoms with E-state index in [9.17, 15) is 9.59 Å². The van der Waals surface area contributed by atoms with E-state index in [-0.39, 0.29) is 23.1 Å². The van der Waals surface area contributed by atoms with E-state index in [1.165, 1.54) is 16.7 Å². The van der Waals surface area contributed by atoms with Crippen molar-refractivity contribution in [3.63, 3.8) is 0 Å². The van der Waals surface area contributed by atoms with E-state index in [1.807, 2.05) is 13.8 Å². The number of ketones is 1. The minimum absolute atomic E-state index is 0.103. The van der Waals surface area contributed by atoms with E-state index >= 15 is 0 Å². The Bertz CT molecular complexity index is 768. The molecular formula is C26H38O3. The number of rotatable bonds is 7. The molecule has 0 amide bonds. The highest BCUT2D eigenvalue weighted by molar-refractivity contribution is 5.94. The molecule has 0 aromatic rings. The highest BCUT2D eigenvalue weighted by Gasteiger charge is 2.56. The molecule has 0 bridgehead atoms. The second-order valence-corrected chi connectivity index (χ2v) is 9.81. The number of carbonyl (C=O) groups excluding carboxylic acids is 2. The first kappa shape index (κ1) is 23.4. The fraction of sp³-hybridized carbons (Fsp3) is 0.615. The second-order valence-electron chi connectivity index (χ2n) is 9.81. The fourth-order valence-corrected chi connectivity index (χ4v) is 4.48. The van der Waals surface area contributed by atoms with Crippen LogP contribution in [-0.2, 0) is 14.3 Å².